The number of morpholine rings is 1. The molecule has 3 saturated heterocycles. The van der Waals surface area contributed by atoms with E-state index in [2.05, 4.69) is 52.5 Å². The van der Waals surface area contributed by atoms with Crippen LogP contribution in [-0.4, -0.2) is 175 Å². The van der Waals surface area contributed by atoms with Crippen LogP contribution in [0, 0.1) is 0 Å². The Kier molecular flexibility index (Phi) is 24.0. The van der Waals surface area contributed by atoms with E-state index in [0.29, 0.717) is 6.61 Å². The smallest absolute Gasteiger partial charge is 0.409 e. The molecule has 0 aromatic heterocycles. The second kappa shape index (κ2) is 23.7. The van der Waals surface area contributed by atoms with Crippen molar-refractivity contribution >= 4 is 12.2 Å². The minimum atomic E-state index is -0.907. The van der Waals surface area contributed by atoms with Crippen LogP contribution in [0.15, 0.2) is 0 Å². The number of carbonyl (C=O) groups is 2. The Bertz CT molecular complexity index is 493. The summed E-state index contributed by atoms with van der Waals surface area (Å²) in [6.45, 7) is 13.8. The molecular weight excluding hydrogens is 464 g/mol. The minimum Gasteiger partial charge on any atom is -0.465 e. The number of likely N-dealkylation sites (tertiary alicyclic amines) is 1. The first-order valence-corrected chi connectivity index (χ1v) is 13.0. The molecule has 3 heterocycles. The van der Waals surface area contributed by atoms with E-state index in [-0.39, 0.29) is 6.09 Å². The van der Waals surface area contributed by atoms with Crippen LogP contribution in [0.1, 0.15) is 26.2 Å². The van der Waals surface area contributed by atoms with Crippen LogP contribution < -0.4 is 0 Å². The molecule has 3 rings (SSSR count). The second-order valence-electron chi connectivity index (χ2n) is 9.66. The van der Waals surface area contributed by atoms with Gasteiger partial charge in [-0.3, -0.25) is 0 Å². The normalized spacial score (nSPS) is 18.8. The standard InChI is InChI=1S/C6H14N2.C6H13N.C5H11NO2.C5H11NO.C3H7NO2/c1-7-3-5-8(2)6-4-7;1-7-5-3-2-4-6-7;1-4-8-5(7)6(2)3;1-6-2-4-7-5-3-6;1-4(2)3(5)6/h3-6H2,1-2H3;2-6H2,1H3;4H2,1-3H3;2-5H2,1H3;1-2H3,(H,5,6). The van der Waals surface area contributed by atoms with Crippen molar-refractivity contribution in [1.29, 1.82) is 0 Å². The van der Waals surface area contributed by atoms with Crippen molar-refractivity contribution in [1.82, 2.24) is 29.4 Å². The highest BCUT2D eigenvalue weighted by atomic mass is 16.5. The van der Waals surface area contributed by atoms with Gasteiger partial charge < -0.3 is 44.0 Å². The highest BCUT2D eigenvalue weighted by Crippen LogP contribution is 2.04. The Morgan fingerprint density at radius 3 is 1.25 bits per heavy atom. The molecule has 0 saturated carbocycles. The molecule has 3 aliphatic rings. The van der Waals surface area contributed by atoms with E-state index in [1.165, 1.54) is 77.5 Å². The average molecular weight is 521 g/mol. The zero-order valence-electron chi connectivity index (χ0n) is 24.7. The Balaban J connectivity index is 0. The van der Waals surface area contributed by atoms with Gasteiger partial charge in [0, 0.05) is 67.5 Å². The number of ether oxygens (including phenoxy) is 2. The predicted molar refractivity (Wildman–Crippen MR) is 147 cm³/mol. The number of hydrogen-bond acceptors (Lipinski definition) is 8. The Labute approximate surface area is 220 Å². The fraction of sp³-hybridized carbons (Fsp3) is 0.920. The maximum absolute atomic E-state index is 10.4. The summed E-state index contributed by atoms with van der Waals surface area (Å²) in [6.07, 6.45) is 3.08. The van der Waals surface area contributed by atoms with Crippen LogP contribution in [0.2, 0.25) is 0 Å². The first kappa shape index (κ1) is 36.5. The molecule has 0 aromatic carbocycles. The van der Waals surface area contributed by atoms with E-state index < -0.39 is 6.09 Å². The van der Waals surface area contributed by atoms with Crippen LogP contribution in [0.5, 0.6) is 0 Å². The van der Waals surface area contributed by atoms with Gasteiger partial charge in [-0.25, -0.2) is 9.59 Å². The van der Waals surface area contributed by atoms with Crippen molar-refractivity contribution in [3.63, 3.8) is 0 Å². The zero-order chi connectivity index (χ0) is 27.9. The van der Waals surface area contributed by atoms with Crippen molar-refractivity contribution < 1.29 is 24.2 Å². The summed E-state index contributed by atoms with van der Waals surface area (Å²) in [7, 11) is 14.9. The summed E-state index contributed by atoms with van der Waals surface area (Å²) in [5.74, 6) is 0. The molecule has 11 nitrogen and oxygen atoms in total. The fourth-order valence-electron chi connectivity index (χ4n) is 2.87. The van der Waals surface area contributed by atoms with Crippen molar-refractivity contribution in [3.8, 4) is 0 Å². The maximum atomic E-state index is 10.4. The Morgan fingerprint density at radius 1 is 0.694 bits per heavy atom. The zero-order valence-corrected chi connectivity index (χ0v) is 24.7. The number of nitrogens with zero attached hydrogens (tertiary/aromatic N) is 6. The number of likely N-dealkylation sites (N-methyl/N-ethyl adjacent to an activating group) is 3. The van der Waals surface area contributed by atoms with E-state index in [0.717, 1.165) is 31.2 Å². The fourth-order valence-corrected chi connectivity index (χ4v) is 2.87. The summed E-state index contributed by atoms with van der Waals surface area (Å²) in [4.78, 5) is 31.9. The third-order valence-corrected chi connectivity index (χ3v) is 5.56. The molecule has 3 fully saturated rings. The van der Waals surface area contributed by atoms with Gasteiger partial charge in [0.15, 0.2) is 0 Å². The van der Waals surface area contributed by atoms with Crippen molar-refractivity contribution in [2.75, 3.05) is 129 Å². The largest absolute Gasteiger partial charge is 0.465 e. The highest BCUT2D eigenvalue weighted by Gasteiger charge is 2.08. The highest BCUT2D eigenvalue weighted by molar-refractivity contribution is 5.66. The lowest BCUT2D eigenvalue weighted by Gasteiger charge is -2.28. The van der Waals surface area contributed by atoms with Gasteiger partial charge in [0.2, 0.25) is 0 Å². The molecule has 2 amide bonds. The summed E-state index contributed by atoms with van der Waals surface area (Å²) in [5.41, 5.74) is 0. The Morgan fingerprint density at radius 2 is 1.06 bits per heavy atom. The van der Waals surface area contributed by atoms with Crippen molar-refractivity contribution in [2.45, 2.75) is 26.2 Å². The van der Waals surface area contributed by atoms with Gasteiger partial charge in [-0.05, 0) is 61.0 Å². The first-order chi connectivity index (χ1) is 16.9. The van der Waals surface area contributed by atoms with Crippen LogP contribution >= 0.6 is 0 Å². The van der Waals surface area contributed by atoms with Gasteiger partial charge in [-0.15, -0.1) is 0 Å². The quantitative estimate of drug-likeness (QED) is 0.556. The molecular formula is C25H56N6O5. The lowest BCUT2D eigenvalue weighted by atomic mass is 10.1. The number of piperidine rings is 1. The SMILES string of the molecule is CCOC(=O)N(C)C.CN(C)C(=O)O.CN1CCCCC1.CN1CCN(C)CC1.CN1CCOCC1. The van der Waals surface area contributed by atoms with Gasteiger partial charge in [0.1, 0.15) is 0 Å². The molecule has 0 spiro atoms. The number of carboxylic acid groups (broad SMARTS) is 1. The molecule has 0 atom stereocenters. The lowest BCUT2D eigenvalue weighted by molar-refractivity contribution is 0.0503. The van der Waals surface area contributed by atoms with Gasteiger partial charge in [0.25, 0.3) is 0 Å². The predicted octanol–water partition coefficient (Wildman–Crippen LogP) is 1.84. The van der Waals surface area contributed by atoms with Gasteiger partial charge >= 0.3 is 12.2 Å². The van der Waals surface area contributed by atoms with Crippen LogP contribution in [0.4, 0.5) is 9.59 Å². The van der Waals surface area contributed by atoms with Crippen LogP contribution in [0.25, 0.3) is 0 Å². The summed E-state index contributed by atoms with van der Waals surface area (Å²) in [5, 5.41) is 7.92. The second-order valence-corrected chi connectivity index (χ2v) is 9.66. The molecule has 11 heteroatoms. The van der Waals surface area contributed by atoms with Gasteiger partial charge in [-0.2, -0.15) is 0 Å². The molecule has 0 radical (unpaired) electrons. The Hall–Kier alpha value is -1.66. The summed E-state index contributed by atoms with van der Waals surface area (Å²) in [6, 6.07) is 0. The van der Waals surface area contributed by atoms with Gasteiger partial charge in [0.05, 0.1) is 19.8 Å². The monoisotopic (exact) mass is 520 g/mol. The minimum absolute atomic E-state index is 0.285. The molecule has 0 bridgehead atoms. The number of rotatable bonds is 1. The first-order valence-electron chi connectivity index (χ1n) is 13.0. The molecule has 216 valence electrons. The summed E-state index contributed by atoms with van der Waals surface area (Å²) >= 11 is 0. The van der Waals surface area contributed by atoms with E-state index in [4.69, 9.17) is 9.84 Å². The molecule has 36 heavy (non-hydrogen) atoms. The maximum Gasteiger partial charge on any atom is 0.409 e. The van der Waals surface area contributed by atoms with E-state index in [1.54, 1.807) is 21.0 Å². The number of carbonyl (C=O) groups excluding carboxylic acids is 1. The molecule has 1 N–H and O–H groups in total. The molecule has 0 unspecified atom stereocenters. The molecule has 3 aliphatic heterocycles. The van der Waals surface area contributed by atoms with E-state index in [9.17, 15) is 9.59 Å². The van der Waals surface area contributed by atoms with Crippen molar-refractivity contribution in [3.05, 3.63) is 0 Å². The number of piperazine rings is 1. The lowest BCUT2D eigenvalue weighted by Crippen LogP contribution is -2.42. The van der Waals surface area contributed by atoms with Crippen LogP contribution in [-0.2, 0) is 9.47 Å². The number of amides is 2. The third kappa shape index (κ3) is 25.4. The number of hydrogen-bond donors (Lipinski definition) is 1. The summed E-state index contributed by atoms with van der Waals surface area (Å²) < 4.78 is 9.69. The van der Waals surface area contributed by atoms with Crippen molar-refractivity contribution in [2.24, 2.45) is 0 Å². The third-order valence-electron chi connectivity index (χ3n) is 5.56. The molecule has 0 aromatic rings. The average Bonchev–Trinajstić information content (AvgIpc) is 2.84. The van der Waals surface area contributed by atoms with E-state index in [1.807, 2.05) is 0 Å². The van der Waals surface area contributed by atoms with Crippen LogP contribution in [0.3, 0.4) is 0 Å². The van der Waals surface area contributed by atoms with E-state index >= 15 is 0 Å². The topological polar surface area (TPSA) is 92.3 Å². The molecule has 0 aliphatic carbocycles. The van der Waals surface area contributed by atoms with Gasteiger partial charge in [-0.1, -0.05) is 6.42 Å².